The lowest BCUT2D eigenvalue weighted by Gasteiger charge is -2.03. The highest BCUT2D eigenvalue weighted by molar-refractivity contribution is 5.82. The molecule has 7 nitrogen and oxygen atoms in total. The Balaban J connectivity index is -0.000000126. The first-order valence-electron chi connectivity index (χ1n) is 5.78. The van der Waals surface area contributed by atoms with E-state index in [1.165, 1.54) is 13.8 Å². The summed E-state index contributed by atoms with van der Waals surface area (Å²) >= 11 is 0. The van der Waals surface area contributed by atoms with Crippen LogP contribution >= 0.6 is 0 Å². The number of nitrogens with two attached hydrogens (primary N) is 1. The van der Waals surface area contributed by atoms with Gasteiger partial charge in [-0.25, -0.2) is 0 Å². The van der Waals surface area contributed by atoms with Crippen molar-refractivity contribution in [2.24, 2.45) is 11.7 Å². The number of ketones is 2. The van der Waals surface area contributed by atoms with Crippen LogP contribution in [-0.4, -0.2) is 39.8 Å². The average molecular weight is 307 g/mol. The van der Waals surface area contributed by atoms with E-state index in [2.05, 4.69) is 0 Å². The molecule has 0 heterocycles. The summed E-state index contributed by atoms with van der Waals surface area (Å²) in [5.74, 6) is -2.42. The minimum atomic E-state index is -0.920. The van der Waals surface area contributed by atoms with Crippen molar-refractivity contribution >= 4 is 23.5 Å². The lowest BCUT2D eigenvalue weighted by molar-refractivity contribution is -0.140. The molecule has 2 atom stereocenters. The van der Waals surface area contributed by atoms with E-state index in [-0.39, 0.29) is 51.6 Å². The molecule has 0 saturated heterocycles. The number of hydrogen-bond acceptors (Lipinski definition) is 5. The molecule has 126 valence electrons. The molecule has 2 unspecified atom stereocenters. The molecule has 0 bridgehead atoms. The minimum absolute atomic E-state index is 0. The predicted octanol–water partition coefficient (Wildman–Crippen LogP) is 1.73. The van der Waals surface area contributed by atoms with Crippen LogP contribution in [0.2, 0.25) is 0 Å². The molecule has 7 heteroatoms. The zero-order chi connectivity index (χ0) is 15.6. The molecule has 0 saturated carbocycles. The van der Waals surface area contributed by atoms with Gasteiger partial charge in [-0.3, -0.25) is 19.2 Å². The second kappa shape index (κ2) is 14.6. The first kappa shape index (κ1) is 27.6. The van der Waals surface area contributed by atoms with Gasteiger partial charge in [0.05, 0.1) is 12.5 Å². The first-order valence-corrected chi connectivity index (χ1v) is 5.78. The number of Topliss-reactive ketones (excluding diaryl/α,β-unsaturated/α-hetero) is 2. The van der Waals surface area contributed by atoms with Crippen LogP contribution < -0.4 is 5.73 Å². The van der Waals surface area contributed by atoms with Crippen molar-refractivity contribution in [3.05, 3.63) is 0 Å². The Morgan fingerprint density at radius 3 is 1.57 bits per heavy atom. The fraction of sp³-hybridized carbons (Fsp3) is 0.714. The van der Waals surface area contributed by atoms with Crippen LogP contribution in [0.25, 0.3) is 0 Å². The molecule has 0 fully saturated rings. The molecule has 0 radical (unpaired) electrons. The molecule has 0 aliphatic rings. The molecular formula is C14H29NO6. The topological polar surface area (TPSA) is 135 Å². The van der Waals surface area contributed by atoms with E-state index in [9.17, 15) is 19.2 Å². The molecular weight excluding hydrogens is 278 g/mol. The fourth-order valence-corrected chi connectivity index (χ4v) is 0.888. The standard InChI is InChI=1S/C6H11NO3.C6H10O3.2CH4/c1-4(8)5(7)2-3-6(9)10;1-4(5(2)7)3-6(8)9;;/h5H,2-3,7H2,1H3,(H,9,10);4H,3H2,1-2H3,(H,8,9);2*1H4. The highest BCUT2D eigenvalue weighted by atomic mass is 16.4. The van der Waals surface area contributed by atoms with Crippen LogP contribution in [0.5, 0.6) is 0 Å². The maximum absolute atomic E-state index is 10.4. The van der Waals surface area contributed by atoms with E-state index in [0.717, 1.165) is 0 Å². The molecule has 0 spiro atoms. The van der Waals surface area contributed by atoms with Crippen LogP contribution in [-0.2, 0) is 19.2 Å². The van der Waals surface area contributed by atoms with Gasteiger partial charge >= 0.3 is 11.9 Å². The van der Waals surface area contributed by atoms with Crippen LogP contribution in [0.4, 0.5) is 0 Å². The quantitative estimate of drug-likeness (QED) is 0.651. The molecule has 0 aromatic rings. The van der Waals surface area contributed by atoms with E-state index in [1.807, 2.05) is 0 Å². The SMILES string of the molecule is C.C.CC(=O)C(C)CC(=O)O.CC(=O)C(N)CCC(=O)O. The van der Waals surface area contributed by atoms with Crippen LogP contribution in [0, 0.1) is 5.92 Å². The number of carboxylic acid groups (broad SMARTS) is 2. The van der Waals surface area contributed by atoms with E-state index >= 15 is 0 Å². The summed E-state index contributed by atoms with van der Waals surface area (Å²) in [5.41, 5.74) is 5.25. The number of rotatable bonds is 7. The average Bonchev–Trinajstić information content (AvgIpc) is 2.25. The molecule has 0 aliphatic carbocycles. The number of carbonyl (C=O) groups is 4. The van der Waals surface area contributed by atoms with Crippen molar-refractivity contribution in [2.45, 2.75) is 60.9 Å². The van der Waals surface area contributed by atoms with E-state index in [1.54, 1.807) is 6.92 Å². The van der Waals surface area contributed by atoms with Gasteiger partial charge in [0.1, 0.15) is 11.6 Å². The third-order valence-corrected chi connectivity index (χ3v) is 2.37. The van der Waals surface area contributed by atoms with Crippen molar-refractivity contribution in [1.82, 2.24) is 0 Å². The van der Waals surface area contributed by atoms with Crippen molar-refractivity contribution in [3.63, 3.8) is 0 Å². The van der Waals surface area contributed by atoms with Crippen molar-refractivity contribution in [2.75, 3.05) is 0 Å². The molecule has 0 amide bonds. The highest BCUT2D eigenvalue weighted by Gasteiger charge is 2.11. The third kappa shape index (κ3) is 20.7. The zero-order valence-corrected chi connectivity index (χ0v) is 11.4. The predicted molar refractivity (Wildman–Crippen MR) is 81.1 cm³/mol. The van der Waals surface area contributed by atoms with Crippen LogP contribution in [0.1, 0.15) is 54.9 Å². The monoisotopic (exact) mass is 307 g/mol. The lowest BCUT2D eigenvalue weighted by Crippen LogP contribution is -2.28. The maximum atomic E-state index is 10.4. The summed E-state index contributed by atoms with van der Waals surface area (Å²) in [6, 6.07) is -0.615. The van der Waals surface area contributed by atoms with Gasteiger partial charge in [-0.1, -0.05) is 21.8 Å². The summed E-state index contributed by atoms with van der Waals surface area (Å²) in [6.45, 7) is 4.36. The summed E-state index contributed by atoms with van der Waals surface area (Å²) in [7, 11) is 0. The van der Waals surface area contributed by atoms with E-state index < -0.39 is 18.0 Å². The van der Waals surface area contributed by atoms with Gasteiger partial charge in [-0.05, 0) is 20.3 Å². The third-order valence-electron chi connectivity index (χ3n) is 2.37. The van der Waals surface area contributed by atoms with Gasteiger partial charge in [0.2, 0.25) is 0 Å². The largest absolute Gasteiger partial charge is 0.481 e. The molecule has 0 aromatic carbocycles. The molecule has 21 heavy (non-hydrogen) atoms. The van der Waals surface area contributed by atoms with Crippen LogP contribution in [0.3, 0.4) is 0 Å². The Hall–Kier alpha value is -1.76. The smallest absolute Gasteiger partial charge is 0.304 e. The Morgan fingerprint density at radius 1 is 0.952 bits per heavy atom. The van der Waals surface area contributed by atoms with Crippen molar-refractivity contribution < 1.29 is 29.4 Å². The zero-order valence-electron chi connectivity index (χ0n) is 11.4. The Kier molecular flexibility index (Phi) is 19.2. The van der Waals surface area contributed by atoms with Gasteiger partial charge in [-0.2, -0.15) is 0 Å². The van der Waals surface area contributed by atoms with Crippen LogP contribution in [0.15, 0.2) is 0 Å². The second-order valence-electron chi connectivity index (χ2n) is 4.26. The van der Waals surface area contributed by atoms with Gasteiger partial charge in [-0.15, -0.1) is 0 Å². The molecule has 0 aromatic heterocycles. The van der Waals surface area contributed by atoms with Crippen molar-refractivity contribution in [1.29, 1.82) is 0 Å². The minimum Gasteiger partial charge on any atom is -0.481 e. The summed E-state index contributed by atoms with van der Waals surface area (Å²) in [5, 5.41) is 16.4. The first-order chi connectivity index (χ1) is 8.57. The van der Waals surface area contributed by atoms with E-state index in [0.29, 0.717) is 0 Å². The Morgan fingerprint density at radius 2 is 1.38 bits per heavy atom. The Labute approximate surface area is 126 Å². The number of carbonyl (C=O) groups excluding carboxylic acids is 2. The van der Waals surface area contributed by atoms with Gasteiger partial charge < -0.3 is 15.9 Å². The second-order valence-corrected chi connectivity index (χ2v) is 4.26. The number of aliphatic carboxylic acids is 2. The van der Waals surface area contributed by atoms with E-state index in [4.69, 9.17) is 15.9 Å². The summed E-state index contributed by atoms with van der Waals surface area (Å²) < 4.78 is 0. The number of hydrogen-bond donors (Lipinski definition) is 3. The van der Waals surface area contributed by atoms with Crippen molar-refractivity contribution in [3.8, 4) is 0 Å². The lowest BCUT2D eigenvalue weighted by atomic mass is 10.0. The molecule has 0 rings (SSSR count). The van der Waals surface area contributed by atoms with Gasteiger partial charge in [0.25, 0.3) is 0 Å². The maximum Gasteiger partial charge on any atom is 0.304 e. The molecule has 4 N–H and O–H groups in total. The summed E-state index contributed by atoms with van der Waals surface area (Å²) in [6.07, 6.45) is 0.126. The normalized spacial score (nSPS) is 11.4. The highest BCUT2D eigenvalue weighted by Crippen LogP contribution is 2.01. The Bertz CT molecular complexity index is 340. The molecule has 0 aliphatic heterocycles. The fourth-order valence-electron chi connectivity index (χ4n) is 0.888. The summed E-state index contributed by atoms with van der Waals surface area (Å²) in [4.78, 5) is 40.8. The van der Waals surface area contributed by atoms with Gasteiger partial charge in [0, 0.05) is 12.3 Å². The van der Waals surface area contributed by atoms with Gasteiger partial charge in [0.15, 0.2) is 0 Å². The number of carboxylic acids is 2.